The van der Waals surface area contributed by atoms with Crippen molar-refractivity contribution in [3.05, 3.63) is 77.7 Å². The smallest absolute Gasteiger partial charge is 0.313 e. The number of pyridine rings is 2. The Hall–Kier alpha value is -3.45. The highest BCUT2D eigenvalue weighted by Crippen LogP contribution is 2.22. The number of hydrogen-bond acceptors (Lipinski definition) is 5. The molecule has 0 spiro atoms. The topological polar surface area (TPSA) is 93.2 Å². The molecular formula is C20H17ClN4O3. The molecule has 2 aromatic heterocycles. The van der Waals surface area contributed by atoms with Crippen molar-refractivity contribution in [1.82, 2.24) is 15.3 Å². The second-order valence-corrected chi connectivity index (χ2v) is 6.31. The third kappa shape index (κ3) is 5.28. The molecule has 3 rings (SSSR count). The molecule has 2 heterocycles. The van der Waals surface area contributed by atoms with Crippen LogP contribution in [0, 0.1) is 0 Å². The van der Waals surface area contributed by atoms with Crippen LogP contribution in [-0.2, 0) is 9.59 Å². The molecule has 0 aliphatic heterocycles. The molecular weight excluding hydrogens is 380 g/mol. The van der Waals surface area contributed by atoms with Gasteiger partial charge in [0.05, 0.1) is 17.9 Å². The van der Waals surface area contributed by atoms with E-state index in [0.29, 0.717) is 22.3 Å². The summed E-state index contributed by atoms with van der Waals surface area (Å²) >= 11 is 5.83. The van der Waals surface area contributed by atoms with E-state index in [4.69, 9.17) is 16.3 Å². The van der Waals surface area contributed by atoms with Crippen molar-refractivity contribution < 1.29 is 14.3 Å². The number of amides is 2. The first-order valence-electron chi connectivity index (χ1n) is 8.42. The van der Waals surface area contributed by atoms with Crippen LogP contribution in [0.4, 0.5) is 5.69 Å². The zero-order valence-corrected chi connectivity index (χ0v) is 15.7. The van der Waals surface area contributed by atoms with Gasteiger partial charge in [0.15, 0.2) is 0 Å². The first kappa shape index (κ1) is 19.3. The summed E-state index contributed by atoms with van der Waals surface area (Å²) in [6.07, 6.45) is 4.65. The molecule has 1 unspecified atom stereocenters. The number of carbonyl (C=O) groups excluding carboxylic acids is 2. The summed E-state index contributed by atoms with van der Waals surface area (Å²) < 4.78 is 5.58. The molecule has 3 aromatic rings. The average molecular weight is 397 g/mol. The fourth-order valence-corrected chi connectivity index (χ4v) is 2.45. The maximum atomic E-state index is 12.1. The maximum absolute atomic E-state index is 12.1. The van der Waals surface area contributed by atoms with E-state index in [1.165, 1.54) is 6.20 Å². The van der Waals surface area contributed by atoms with Gasteiger partial charge >= 0.3 is 11.8 Å². The minimum absolute atomic E-state index is 0.325. The highest BCUT2D eigenvalue weighted by molar-refractivity contribution is 6.39. The number of aromatic nitrogens is 2. The maximum Gasteiger partial charge on any atom is 0.313 e. The summed E-state index contributed by atoms with van der Waals surface area (Å²) in [7, 11) is 0. The van der Waals surface area contributed by atoms with E-state index in [1.54, 1.807) is 67.8 Å². The average Bonchev–Trinajstić information content (AvgIpc) is 2.71. The predicted molar refractivity (Wildman–Crippen MR) is 105 cm³/mol. The Morgan fingerprint density at radius 3 is 2.36 bits per heavy atom. The van der Waals surface area contributed by atoms with Gasteiger partial charge in [0.1, 0.15) is 5.75 Å². The first-order valence-corrected chi connectivity index (χ1v) is 8.80. The lowest BCUT2D eigenvalue weighted by atomic mass is 10.1. The predicted octanol–water partition coefficient (Wildman–Crippen LogP) is 3.74. The van der Waals surface area contributed by atoms with Crippen LogP contribution in [0.2, 0.25) is 5.02 Å². The Bertz CT molecular complexity index is 947. The fraction of sp³-hybridized carbons (Fsp3) is 0.100. The van der Waals surface area contributed by atoms with Crippen molar-refractivity contribution in [3.63, 3.8) is 0 Å². The molecule has 0 saturated carbocycles. The molecule has 1 aromatic carbocycles. The zero-order valence-electron chi connectivity index (χ0n) is 14.9. The first-order chi connectivity index (χ1) is 13.5. The quantitative estimate of drug-likeness (QED) is 0.641. The van der Waals surface area contributed by atoms with Crippen LogP contribution in [0.5, 0.6) is 11.6 Å². The molecule has 0 bridgehead atoms. The van der Waals surface area contributed by atoms with Gasteiger partial charge in [-0.25, -0.2) is 4.98 Å². The zero-order chi connectivity index (χ0) is 19.9. The molecule has 0 fully saturated rings. The number of ether oxygens (including phenoxy) is 1. The molecule has 7 nitrogen and oxygen atoms in total. The highest BCUT2D eigenvalue weighted by atomic mass is 35.5. The molecule has 2 N–H and O–H groups in total. The number of hydrogen-bond donors (Lipinski definition) is 2. The number of rotatable bonds is 5. The number of halogens is 1. The van der Waals surface area contributed by atoms with Crippen molar-refractivity contribution >= 4 is 29.1 Å². The minimum Gasteiger partial charge on any atom is -0.439 e. The van der Waals surface area contributed by atoms with Crippen molar-refractivity contribution in [2.45, 2.75) is 13.0 Å². The summed E-state index contributed by atoms with van der Waals surface area (Å²) in [5.41, 5.74) is 1.22. The van der Waals surface area contributed by atoms with Gasteiger partial charge in [-0.2, -0.15) is 0 Å². The Kier molecular flexibility index (Phi) is 6.18. The minimum atomic E-state index is -0.783. The molecule has 2 amide bonds. The number of anilines is 1. The van der Waals surface area contributed by atoms with E-state index in [2.05, 4.69) is 20.6 Å². The molecule has 1 atom stereocenters. The van der Waals surface area contributed by atoms with Crippen molar-refractivity contribution in [3.8, 4) is 11.6 Å². The van der Waals surface area contributed by atoms with Gasteiger partial charge in [0.2, 0.25) is 5.88 Å². The lowest BCUT2D eigenvalue weighted by Gasteiger charge is -2.13. The molecule has 0 saturated heterocycles. The van der Waals surface area contributed by atoms with Crippen LogP contribution in [0.3, 0.4) is 0 Å². The molecule has 0 aliphatic rings. The lowest BCUT2D eigenvalue weighted by Crippen LogP contribution is -2.36. The molecule has 0 aliphatic carbocycles. The number of carbonyl (C=O) groups is 2. The number of benzene rings is 1. The normalized spacial score (nSPS) is 11.4. The lowest BCUT2D eigenvalue weighted by molar-refractivity contribution is -0.136. The van der Waals surface area contributed by atoms with Crippen LogP contribution in [-0.4, -0.2) is 21.8 Å². The van der Waals surface area contributed by atoms with Gasteiger partial charge in [-0.15, -0.1) is 0 Å². The van der Waals surface area contributed by atoms with E-state index in [1.807, 2.05) is 0 Å². The van der Waals surface area contributed by atoms with Gasteiger partial charge in [-0.1, -0.05) is 11.6 Å². The summed E-state index contributed by atoms with van der Waals surface area (Å²) in [6, 6.07) is 13.2. The second kappa shape index (κ2) is 8.96. The highest BCUT2D eigenvalue weighted by Gasteiger charge is 2.17. The van der Waals surface area contributed by atoms with Gasteiger partial charge in [-0.05, 0) is 55.0 Å². The summed E-state index contributed by atoms with van der Waals surface area (Å²) in [6.45, 7) is 1.78. The van der Waals surface area contributed by atoms with E-state index >= 15 is 0 Å². The summed E-state index contributed by atoms with van der Waals surface area (Å²) in [5, 5.41) is 5.73. The summed E-state index contributed by atoms with van der Waals surface area (Å²) in [4.78, 5) is 32.2. The third-order valence-electron chi connectivity index (χ3n) is 3.79. The number of nitrogens with one attached hydrogen (secondary N) is 2. The van der Waals surface area contributed by atoms with Crippen LogP contribution < -0.4 is 15.4 Å². The molecule has 142 valence electrons. The Morgan fingerprint density at radius 1 is 1.00 bits per heavy atom. The van der Waals surface area contributed by atoms with Crippen molar-refractivity contribution in [2.24, 2.45) is 0 Å². The number of nitrogens with zero attached hydrogens (tertiary/aromatic N) is 2. The Labute approximate surface area is 166 Å². The molecule has 8 heteroatoms. The SMILES string of the molecule is CC(NC(=O)C(=O)Nc1ccc(Oc2ccc(Cl)cc2)nc1)c1ccncc1. The fourth-order valence-electron chi connectivity index (χ4n) is 2.32. The monoisotopic (exact) mass is 396 g/mol. The van der Waals surface area contributed by atoms with Crippen molar-refractivity contribution in [1.29, 1.82) is 0 Å². The van der Waals surface area contributed by atoms with Gasteiger partial charge in [0, 0.05) is 23.5 Å². The van der Waals surface area contributed by atoms with E-state index in [9.17, 15) is 9.59 Å². The van der Waals surface area contributed by atoms with Gasteiger partial charge in [-0.3, -0.25) is 14.6 Å². The largest absolute Gasteiger partial charge is 0.439 e. The van der Waals surface area contributed by atoms with Crippen LogP contribution in [0.25, 0.3) is 0 Å². The standard InChI is InChI=1S/C20H17ClN4O3/c1-13(14-8-10-22-11-9-14)24-19(26)20(27)25-16-4-7-18(23-12-16)28-17-5-2-15(21)3-6-17/h2-13H,1H3,(H,24,26)(H,25,27). The molecule has 28 heavy (non-hydrogen) atoms. The van der Waals surface area contributed by atoms with Crippen molar-refractivity contribution in [2.75, 3.05) is 5.32 Å². The van der Waals surface area contributed by atoms with Crippen LogP contribution in [0.1, 0.15) is 18.5 Å². The Morgan fingerprint density at radius 2 is 1.71 bits per heavy atom. The second-order valence-electron chi connectivity index (χ2n) is 5.87. The van der Waals surface area contributed by atoms with E-state index in [0.717, 1.165) is 5.56 Å². The third-order valence-corrected chi connectivity index (χ3v) is 4.04. The van der Waals surface area contributed by atoms with Crippen LogP contribution in [0.15, 0.2) is 67.1 Å². The van der Waals surface area contributed by atoms with Crippen LogP contribution >= 0.6 is 11.6 Å². The van der Waals surface area contributed by atoms with E-state index in [-0.39, 0.29) is 6.04 Å². The van der Waals surface area contributed by atoms with Gasteiger partial charge in [0.25, 0.3) is 0 Å². The Balaban J connectivity index is 1.55. The summed E-state index contributed by atoms with van der Waals surface area (Å²) in [5.74, 6) is -0.603. The van der Waals surface area contributed by atoms with Gasteiger partial charge < -0.3 is 15.4 Å². The molecule has 0 radical (unpaired) electrons. The van der Waals surface area contributed by atoms with E-state index < -0.39 is 11.8 Å².